The average Bonchev–Trinajstić information content (AvgIpc) is 3.28. The summed E-state index contributed by atoms with van der Waals surface area (Å²) < 4.78 is 25.9. The Labute approximate surface area is 204 Å². The Bertz CT molecular complexity index is 1260. The highest BCUT2D eigenvalue weighted by molar-refractivity contribution is 7.11. The summed E-state index contributed by atoms with van der Waals surface area (Å²) in [5.41, 5.74) is 8.50. The highest BCUT2D eigenvalue weighted by atomic mass is 35.5. The van der Waals surface area contributed by atoms with Crippen molar-refractivity contribution < 1.29 is 18.7 Å². The van der Waals surface area contributed by atoms with Crippen molar-refractivity contribution >= 4 is 51.8 Å². The maximum Gasteiger partial charge on any atom is 0.252 e. The number of benzene rings is 1. The molecule has 3 N–H and O–H groups in total. The smallest absolute Gasteiger partial charge is 0.252 e. The number of nitrogens with two attached hydrogens (primary N) is 1. The summed E-state index contributed by atoms with van der Waals surface area (Å²) in [6.07, 6.45) is 2.77. The fraction of sp³-hybridized carbons (Fsp3) is 0.217. The van der Waals surface area contributed by atoms with Crippen molar-refractivity contribution in [2.75, 3.05) is 18.9 Å². The Morgan fingerprint density at radius 3 is 2.97 bits per heavy atom. The second kappa shape index (κ2) is 9.59. The van der Waals surface area contributed by atoms with Gasteiger partial charge in [-0.2, -0.15) is 0 Å². The summed E-state index contributed by atoms with van der Waals surface area (Å²) in [6, 6.07) is 4.43. The van der Waals surface area contributed by atoms with E-state index in [2.05, 4.69) is 10.3 Å². The number of thiophene rings is 1. The number of ether oxygens (including phenoxy) is 2. The second-order valence-electron chi connectivity index (χ2n) is 7.22. The number of fused-ring (bicyclic) bond motifs is 1. The number of nitrogen functional groups attached to an aromatic ring is 1. The first-order chi connectivity index (χ1) is 15.8. The molecule has 1 aromatic carbocycles. The first-order valence-electron chi connectivity index (χ1n) is 10.1. The number of rotatable bonds is 6. The van der Waals surface area contributed by atoms with Crippen LogP contribution in [0.3, 0.4) is 0 Å². The van der Waals surface area contributed by atoms with Gasteiger partial charge in [0.15, 0.2) is 11.6 Å². The number of pyridine rings is 1. The molecule has 172 valence electrons. The molecule has 1 amide bonds. The topological polar surface area (TPSA) is 86.5 Å². The van der Waals surface area contributed by atoms with E-state index < -0.39 is 11.9 Å². The molecular weight excluding hydrogens is 488 g/mol. The first kappa shape index (κ1) is 23.4. The van der Waals surface area contributed by atoms with Gasteiger partial charge in [-0.3, -0.25) is 4.79 Å². The van der Waals surface area contributed by atoms with Crippen molar-refractivity contribution in [3.8, 4) is 11.5 Å². The van der Waals surface area contributed by atoms with Gasteiger partial charge in [-0.1, -0.05) is 23.2 Å². The van der Waals surface area contributed by atoms with Gasteiger partial charge >= 0.3 is 0 Å². The summed E-state index contributed by atoms with van der Waals surface area (Å²) >= 11 is 13.8. The van der Waals surface area contributed by atoms with E-state index in [4.69, 9.17) is 38.4 Å². The van der Waals surface area contributed by atoms with E-state index >= 15 is 0 Å². The van der Waals surface area contributed by atoms with Gasteiger partial charge in [-0.15, -0.1) is 11.3 Å². The van der Waals surface area contributed by atoms with E-state index in [0.717, 1.165) is 10.5 Å². The van der Waals surface area contributed by atoms with E-state index in [0.29, 0.717) is 29.0 Å². The van der Waals surface area contributed by atoms with Crippen LogP contribution in [0.25, 0.3) is 5.57 Å². The molecule has 4 rings (SSSR count). The molecule has 0 aliphatic carbocycles. The van der Waals surface area contributed by atoms with E-state index in [1.165, 1.54) is 23.5 Å². The molecule has 33 heavy (non-hydrogen) atoms. The normalized spacial score (nSPS) is 13.5. The van der Waals surface area contributed by atoms with Gasteiger partial charge in [0.25, 0.3) is 5.91 Å². The molecular formula is C23H20Cl2FN3O3S. The van der Waals surface area contributed by atoms with Gasteiger partial charge in [-0.25, -0.2) is 9.37 Å². The van der Waals surface area contributed by atoms with Gasteiger partial charge in [0.1, 0.15) is 18.5 Å². The summed E-state index contributed by atoms with van der Waals surface area (Å²) in [6.45, 7) is 4.37. The van der Waals surface area contributed by atoms with Crippen molar-refractivity contribution in [1.82, 2.24) is 10.3 Å². The number of hydrogen-bond donors (Lipinski definition) is 2. The van der Waals surface area contributed by atoms with Crippen LogP contribution in [0.15, 0.2) is 35.9 Å². The molecule has 0 bridgehead atoms. The van der Waals surface area contributed by atoms with E-state index in [1.807, 2.05) is 19.1 Å². The van der Waals surface area contributed by atoms with E-state index in [-0.39, 0.29) is 34.1 Å². The third kappa shape index (κ3) is 4.51. The van der Waals surface area contributed by atoms with Gasteiger partial charge in [0.05, 0.1) is 10.6 Å². The number of carbonyl (C=O) groups is 1. The number of nitrogens with zero attached hydrogens (tertiary/aromatic N) is 1. The third-order valence-electron chi connectivity index (χ3n) is 5.07. The zero-order valence-electron chi connectivity index (χ0n) is 17.7. The minimum atomic E-state index is -0.736. The van der Waals surface area contributed by atoms with E-state index in [9.17, 15) is 9.18 Å². The molecule has 0 fully saturated rings. The highest BCUT2D eigenvalue weighted by Gasteiger charge is 2.27. The molecule has 6 nitrogen and oxygen atoms in total. The summed E-state index contributed by atoms with van der Waals surface area (Å²) in [5, 5.41) is 4.74. The van der Waals surface area contributed by atoms with Crippen LogP contribution >= 0.6 is 34.5 Å². The lowest BCUT2D eigenvalue weighted by Crippen LogP contribution is -2.21. The van der Waals surface area contributed by atoms with Gasteiger partial charge in [0.2, 0.25) is 5.75 Å². The minimum Gasteiger partial charge on any atom is -0.485 e. The first-order valence-corrected chi connectivity index (χ1v) is 11.7. The molecule has 0 saturated carbocycles. The minimum absolute atomic E-state index is 0.111. The highest BCUT2D eigenvalue weighted by Crippen LogP contribution is 2.46. The molecule has 1 aliphatic rings. The zero-order chi connectivity index (χ0) is 23.7. The van der Waals surface area contributed by atoms with Crippen LogP contribution in [0, 0.1) is 5.82 Å². The predicted molar refractivity (Wildman–Crippen MR) is 129 cm³/mol. The van der Waals surface area contributed by atoms with Crippen molar-refractivity contribution in [3.05, 3.63) is 73.3 Å². The molecule has 10 heteroatoms. The molecule has 1 aliphatic heterocycles. The fourth-order valence-corrected chi connectivity index (χ4v) is 5.12. The predicted octanol–water partition coefficient (Wildman–Crippen LogP) is 5.89. The Morgan fingerprint density at radius 1 is 1.42 bits per heavy atom. The van der Waals surface area contributed by atoms with Crippen molar-refractivity contribution in [2.45, 2.75) is 20.0 Å². The lowest BCUT2D eigenvalue weighted by molar-refractivity contribution is 0.0956. The largest absolute Gasteiger partial charge is 0.485 e. The monoisotopic (exact) mass is 507 g/mol. The lowest BCUT2D eigenvalue weighted by atomic mass is 10.0. The maximum atomic E-state index is 14.0. The van der Waals surface area contributed by atoms with Crippen LogP contribution in [0.2, 0.25) is 10.0 Å². The SMILES string of the molecule is CCNC(=O)c1csc(C2=CCOc3c2cnc(N)c3OC(C)c2c(Cl)ccc(F)c2Cl)c1. The standard InChI is InChI=1S/C23H20Cl2FN3O3S/c1-3-28-23(30)12-8-17(33-10-12)13-6-7-31-20-14(13)9-29-22(27)21(20)32-11(2)18-15(24)4-5-16(26)19(18)25/h4-6,8-11H,3,7H2,1-2H3,(H2,27,29)(H,28,30). The number of anilines is 1. The number of halogens is 3. The molecule has 3 aromatic rings. The van der Waals surface area contributed by atoms with E-state index in [1.54, 1.807) is 18.5 Å². The van der Waals surface area contributed by atoms with Crippen molar-refractivity contribution in [2.24, 2.45) is 0 Å². The number of aromatic nitrogens is 1. The average molecular weight is 508 g/mol. The molecule has 2 aromatic heterocycles. The van der Waals surface area contributed by atoms with Gasteiger partial charge in [0, 0.05) is 44.7 Å². The Morgan fingerprint density at radius 2 is 2.21 bits per heavy atom. The van der Waals surface area contributed by atoms with Crippen LogP contribution in [0.4, 0.5) is 10.2 Å². The summed E-state index contributed by atoms with van der Waals surface area (Å²) in [5.74, 6) is -0.00885. The molecule has 1 atom stereocenters. The number of nitrogens with one attached hydrogen (secondary N) is 1. The fourth-order valence-electron chi connectivity index (χ4n) is 3.50. The van der Waals surface area contributed by atoms with Gasteiger partial charge < -0.3 is 20.5 Å². The number of hydrogen-bond acceptors (Lipinski definition) is 6. The Hall–Kier alpha value is -2.81. The van der Waals surface area contributed by atoms with Gasteiger partial charge in [-0.05, 0) is 38.1 Å². The second-order valence-corrected chi connectivity index (χ2v) is 8.92. The van der Waals surface area contributed by atoms with Crippen molar-refractivity contribution in [1.29, 1.82) is 0 Å². The van der Waals surface area contributed by atoms with Crippen LogP contribution < -0.4 is 20.5 Å². The molecule has 3 heterocycles. The Balaban J connectivity index is 1.70. The molecule has 0 radical (unpaired) electrons. The summed E-state index contributed by atoms with van der Waals surface area (Å²) in [4.78, 5) is 17.3. The quantitative estimate of drug-likeness (QED) is 0.406. The van der Waals surface area contributed by atoms with Crippen LogP contribution in [0.1, 0.15) is 46.3 Å². The van der Waals surface area contributed by atoms with Crippen LogP contribution in [-0.2, 0) is 0 Å². The maximum absolute atomic E-state index is 14.0. The third-order valence-corrected chi connectivity index (χ3v) is 6.74. The number of amides is 1. The molecule has 1 unspecified atom stereocenters. The Kier molecular flexibility index (Phi) is 6.78. The summed E-state index contributed by atoms with van der Waals surface area (Å²) in [7, 11) is 0. The lowest BCUT2D eigenvalue weighted by Gasteiger charge is -2.24. The van der Waals surface area contributed by atoms with Crippen LogP contribution in [-0.4, -0.2) is 24.0 Å². The van der Waals surface area contributed by atoms with Crippen molar-refractivity contribution in [3.63, 3.8) is 0 Å². The van der Waals surface area contributed by atoms with Crippen LogP contribution in [0.5, 0.6) is 11.5 Å². The molecule has 0 spiro atoms. The zero-order valence-corrected chi connectivity index (χ0v) is 20.1. The molecule has 0 saturated heterocycles. The number of carbonyl (C=O) groups excluding carboxylic acids is 1.